The standard InChI is InChI=1S/C12H21ClN2O3S/c1-5-10(4)18-8-11-12(19(13,16)17)7-15(14-11)6-9(2)3/h7,9-10H,5-6,8H2,1-4H3/t10-/m1/s1. The third kappa shape index (κ3) is 5.12. The van der Waals surface area contributed by atoms with Crippen molar-refractivity contribution in [2.24, 2.45) is 5.92 Å². The topological polar surface area (TPSA) is 61.2 Å². The highest BCUT2D eigenvalue weighted by Gasteiger charge is 2.21. The first-order chi connectivity index (χ1) is 8.74. The summed E-state index contributed by atoms with van der Waals surface area (Å²) in [5.74, 6) is 0.370. The highest BCUT2D eigenvalue weighted by Crippen LogP contribution is 2.21. The molecular formula is C12H21ClN2O3S. The zero-order valence-corrected chi connectivity index (χ0v) is 13.3. The summed E-state index contributed by atoms with van der Waals surface area (Å²) in [7, 11) is 1.63. The van der Waals surface area contributed by atoms with Gasteiger partial charge in [-0.1, -0.05) is 20.8 Å². The molecule has 0 fully saturated rings. The van der Waals surface area contributed by atoms with Crippen molar-refractivity contribution in [2.45, 2.75) is 58.3 Å². The van der Waals surface area contributed by atoms with E-state index in [1.165, 1.54) is 6.20 Å². The second kappa shape index (κ2) is 6.72. The van der Waals surface area contributed by atoms with E-state index in [0.717, 1.165) is 6.42 Å². The highest BCUT2D eigenvalue weighted by molar-refractivity contribution is 8.13. The minimum absolute atomic E-state index is 0.0399. The Bertz CT molecular complexity index is 511. The van der Waals surface area contributed by atoms with Crippen molar-refractivity contribution in [2.75, 3.05) is 0 Å². The molecule has 0 bridgehead atoms. The Labute approximate surface area is 119 Å². The molecule has 1 atom stereocenters. The Hall–Kier alpha value is -0.590. The summed E-state index contributed by atoms with van der Waals surface area (Å²) >= 11 is 0. The van der Waals surface area contributed by atoms with Crippen LogP contribution in [0.3, 0.4) is 0 Å². The number of nitrogens with zero attached hydrogens (tertiary/aromatic N) is 2. The van der Waals surface area contributed by atoms with Gasteiger partial charge in [-0.3, -0.25) is 4.68 Å². The van der Waals surface area contributed by atoms with E-state index < -0.39 is 9.05 Å². The molecule has 0 saturated heterocycles. The molecule has 1 rings (SSSR count). The van der Waals surface area contributed by atoms with Gasteiger partial charge in [0, 0.05) is 23.4 Å². The van der Waals surface area contributed by atoms with Crippen molar-refractivity contribution in [3.05, 3.63) is 11.9 Å². The molecule has 0 aliphatic heterocycles. The molecule has 0 N–H and O–H groups in total. The van der Waals surface area contributed by atoms with Gasteiger partial charge in [-0.2, -0.15) is 5.10 Å². The van der Waals surface area contributed by atoms with Gasteiger partial charge in [0.05, 0.1) is 12.7 Å². The summed E-state index contributed by atoms with van der Waals surface area (Å²) < 4.78 is 30.2. The third-order valence-corrected chi connectivity index (χ3v) is 4.06. The number of hydrogen-bond acceptors (Lipinski definition) is 4. The number of ether oxygens (including phenoxy) is 1. The van der Waals surface area contributed by atoms with E-state index in [9.17, 15) is 8.42 Å². The van der Waals surface area contributed by atoms with Crippen LogP contribution in [0.15, 0.2) is 11.1 Å². The zero-order chi connectivity index (χ0) is 14.6. The van der Waals surface area contributed by atoms with Crippen molar-refractivity contribution in [1.29, 1.82) is 0 Å². The van der Waals surface area contributed by atoms with Crippen molar-refractivity contribution < 1.29 is 13.2 Å². The van der Waals surface area contributed by atoms with E-state index in [4.69, 9.17) is 15.4 Å². The maximum atomic E-state index is 11.5. The molecule has 1 aromatic rings. The largest absolute Gasteiger partial charge is 0.372 e. The number of hydrogen-bond donors (Lipinski definition) is 0. The number of rotatable bonds is 7. The summed E-state index contributed by atoms with van der Waals surface area (Å²) in [5.41, 5.74) is 0.371. The van der Waals surface area contributed by atoms with Gasteiger partial charge in [-0.05, 0) is 19.3 Å². The first-order valence-corrected chi connectivity index (χ1v) is 8.67. The molecule has 5 nitrogen and oxygen atoms in total. The predicted octanol–water partition coefficient (Wildman–Crippen LogP) is 2.78. The van der Waals surface area contributed by atoms with Crippen molar-refractivity contribution in [3.8, 4) is 0 Å². The molecule has 0 aromatic carbocycles. The summed E-state index contributed by atoms with van der Waals surface area (Å²) in [5, 5.41) is 4.25. The maximum absolute atomic E-state index is 11.5. The molecular weight excluding hydrogens is 288 g/mol. The van der Waals surface area contributed by atoms with E-state index in [2.05, 4.69) is 5.10 Å². The van der Waals surface area contributed by atoms with Crippen molar-refractivity contribution in [3.63, 3.8) is 0 Å². The Morgan fingerprint density at radius 1 is 1.42 bits per heavy atom. The Balaban J connectivity index is 2.96. The van der Waals surface area contributed by atoms with Gasteiger partial charge in [0.25, 0.3) is 9.05 Å². The second-order valence-electron chi connectivity index (χ2n) is 5.02. The minimum Gasteiger partial charge on any atom is -0.372 e. The van der Waals surface area contributed by atoms with Gasteiger partial charge in [-0.15, -0.1) is 0 Å². The van der Waals surface area contributed by atoms with Crippen LogP contribution in [0.5, 0.6) is 0 Å². The van der Waals surface area contributed by atoms with Crippen LogP contribution in [-0.2, 0) is 26.9 Å². The quantitative estimate of drug-likeness (QED) is 0.727. The average Bonchev–Trinajstić information content (AvgIpc) is 2.67. The van der Waals surface area contributed by atoms with Gasteiger partial charge in [0.1, 0.15) is 10.6 Å². The van der Waals surface area contributed by atoms with Gasteiger partial charge >= 0.3 is 0 Å². The molecule has 0 aliphatic rings. The first-order valence-electron chi connectivity index (χ1n) is 6.36. The number of halogens is 1. The van der Waals surface area contributed by atoms with Crippen LogP contribution < -0.4 is 0 Å². The molecule has 1 heterocycles. The van der Waals surface area contributed by atoms with E-state index in [-0.39, 0.29) is 17.6 Å². The number of aromatic nitrogens is 2. The maximum Gasteiger partial charge on any atom is 0.264 e. The molecule has 0 spiro atoms. The Morgan fingerprint density at radius 2 is 2.05 bits per heavy atom. The van der Waals surface area contributed by atoms with Crippen LogP contribution in [0.25, 0.3) is 0 Å². The third-order valence-electron chi connectivity index (χ3n) is 2.69. The van der Waals surface area contributed by atoms with Crippen LogP contribution in [-0.4, -0.2) is 24.3 Å². The van der Waals surface area contributed by atoms with Gasteiger partial charge in [0.15, 0.2) is 0 Å². The van der Waals surface area contributed by atoms with Gasteiger partial charge in [-0.25, -0.2) is 8.42 Å². The smallest absolute Gasteiger partial charge is 0.264 e. The lowest BCUT2D eigenvalue weighted by Gasteiger charge is -2.09. The fourth-order valence-corrected chi connectivity index (χ4v) is 2.57. The SMILES string of the molecule is CC[C@@H](C)OCc1nn(CC(C)C)cc1S(=O)(=O)Cl. The summed E-state index contributed by atoms with van der Waals surface area (Å²) in [6.07, 6.45) is 2.38. The normalized spacial score (nSPS) is 14.0. The van der Waals surface area contributed by atoms with Crippen molar-refractivity contribution in [1.82, 2.24) is 9.78 Å². The van der Waals surface area contributed by atoms with E-state index in [0.29, 0.717) is 18.2 Å². The van der Waals surface area contributed by atoms with Crippen LogP contribution in [0.4, 0.5) is 0 Å². The molecule has 1 aromatic heterocycles. The molecule has 7 heteroatoms. The molecule has 0 radical (unpaired) electrons. The fraction of sp³-hybridized carbons (Fsp3) is 0.750. The lowest BCUT2D eigenvalue weighted by molar-refractivity contribution is 0.0473. The molecule has 110 valence electrons. The first kappa shape index (κ1) is 16.5. The molecule has 0 amide bonds. The van der Waals surface area contributed by atoms with E-state index in [1.54, 1.807) is 4.68 Å². The summed E-state index contributed by atoms with van der Waals surface area (Å²) in [4.78, 5) is 0.0399. The fourth-order valence-electron chi connectivity index (χ4n) is 1.55. The van der Waals surface area contributed by atoms with Crippen LogP contribution in [0, 0.1) is 5.92 Å². The van der Waals surface area contributed by atoms with Crippen LogP contribution in [0.2, 0.25) is 0 Å². The molecule has 19 heavy (non-hydrogen) atoms. The summed E-state index contributed by atoms with van der Waals surface area (Å²) in [6, 6.07) is 0. The second-order valence-corrected chi connectivity index (χ2v) is 7.56. The lowest BCUT2D eigenvalue weighted by Crippen LogP contribution is -2.09. The average molecular weight is 309 g/mol. The van der Waals surface area contributed by atoms with Crippen LogP contribution >= 0.6 is 10.7 Å². The zero-order valence-electron chi connectivity index (χ0n) is 11.8. The Morgan fingerprint density at radius 3 is 2.53 bits per heavy atom. The monoisotopic (exact) mass is 308 g/mol. The van der Waals surface area contributed by atoms with Crippen LogP contribution in [0.1, 0.15) is 39.8 Å². The summed E-state index contributed by atoms with van der Waals surface area (Å²) in [6.45, 7) is 8.79. The highest BCUT2D eigenvalue weighted by atomic mass is 35.7. The van der Waals surface area contributed by atoms with Gasteiger partial charge in [0.2, 0.25) is 0 Å². The molecule has 0 unspecified atom stereocenters. The van der Waals surface area contributed by atoms with E-state index >= 15 is 0 Å². The molecule has 0 saturated carbocycles. The van der Waals surface area contributed by atoms with Gasteiger partial charge < -0.3 is 4.74 Å². The van der Waals surface area contributed by atoms with Crippen molar-refractivity contribution >= 4 is 19.7 Å². The Kier molecular flexibility index (Phi) is 5.82. The van der Waals surface area contributed by atoms with E-state index in [1.807, 2.05) is 27.7 Å². The minimum atomic E-state index is -3.79. The predicted molar refractivity (Wildman–Crippen MR) is 74.6 cm³/mol. The molecule has 0 aliphatic carbocycles. The lowest BCUT2D eigenvalue weighted by atomic mass is 10.2.